The van der Waals surface area contributed by atoms with Crippen molar-refractivity contribution >= 4 is 38.9 Å². The zero-order valence-corrected chi connectivity index (χ0v) is 25.0. The topological polar surface area (TPSA) is 81.9 Å². The maximum absolute atomic E-state index is 12.8. The van der Waals surface area contributed by atoms with Gasteiger partial charge in [-0.3, -0.25) is 23.8 Å². The molecule has 0 saturated carbocycles. The zero-order chi connectivity index (χ0) is 29.0. The largest absolute Gasteiger partial charge is 0.354 e. The Morgan fingerprint density at radius 1 is 0.950 bits per heavy atom. The van der Waals surface area contributed by atoms with Crippen LogP contribution < -0.4 is 20.4 Å². The molecule has 5 rings (SSSR count). The molecule has 8 nitrogen and oxygen atoms in total. The number of aryl methyl sites for hydroxylation is 3. The Balaban J connectivity index is 0.000000240. The maximum atomic E-state index is 12.8. The molecule has 1 unspecified atom stereocenters. The lowest BCUT2D eigenvalue weighted by Crippen LogP contribution is -2.48. The quantitative estimate of drug-likeness (QED) is 0.350. The highest BCUT2D eigenvalue weighted by atomic mass is 32.2. The summed E-state index contributed by atoms with van der Waals surface area (Å²) < 4.78 is 13.0. The minimum absolute atomic E-state index is 0.0738. The Bertz CT molecular complexity index is 1580. The number of benzene rings is 2. The van der Waals surface area contributed by atoms with Crippen molar-refractivity contribution in [2.45, 2.75) is 32.6 Å². The second-order valence-corrected chi connectivity index (χ2v) is 11.6. The molecule has 0 bridgehead atoms. The van der Waals surface area contributed by atoms with Crippen molar-refractivity contribution in [2.24, 2.45) is 7.05 Å². The Hall–Kier alpha value is -3.69. The number of aromatic nitrogens is 2. The second-order valence-electron chi connectivity index (χ2n) is 10.2. The molecule has 1 atom stereocenters. The molecule has 1 aliphatic rings. The van der Waals surface area contributed by atoms with E-state index < -0.39 is 10.8 Å². The van der Waals surface area contributed by atoms with Gasteiger partial charge in [-0.1, -0.05) is 35.9 Å². The molecule has 4 aromatic rings. The standard InChI is InChI=1S/C22H26N4O.C9H13NO2S/c1-15-5-6-18-13-20(24(4)22(27)19(18)12-15)25-7-9-26(10-8-25)21-17(3)11-16(2)14-23-21;1-3-10(11)8-6-4-5-7-9(8)13(2)12/h5-6,11-14H,7-10H2,1-4H3;4-7,11H,3H2,1-2H3. The van der Waals surface area contributed by atoms with Gasteiger partial charge in [0.05, 0.1) is 21.4 Å². The van der Waals surface area contributed by atoms with Crippen LogP contribution in [0.4, 0.5) is 17.3 Å². The first-order valence-electron chi connectivity index (χ1n) is 13.5. The lowest BCUT2D eigenvalue weighted by molar-refractivity contribution is 0.258. The van der Waals surface area contributed by atoms with Crippen LogP contribution in [0.25, 0.3) is 10.8 Å². The fourth-order valence-corrected chi connectivity index (χ4v) is 5.81. The number of rotatable bonds is 5. The van der Waals surface area contributed by atoms with Crippen LogP contribution in [0.3, 0.4) is 0 Å². The predicted octanol–water partition coefficient (Wildman–Crippen LogP) is 4.82. The number of nitrogens with zero attached hydrogens (tertiary/aromatic N) is 5. The normalized spacial score (nSPS) is 14.1. The van der Waals surface area contributed by atoms with E-state index in [1.807, 2.05) is 51.4 Å². The van der Waals surface area contributed by atoms with E-state index in [4.69, 9.17) is 0 Å². The number of anilines is 3. The highest BCUT2D eigenvalue weighted by molar-refractivity contribution is 7.84. The molecule has 1 N–H and O–H groups in total. The number of hydrogen-bond donors (Lipinski definition) is 1. The van der Waals surface area contributed by atoms with E-state index in [1.165, 1.54) is 11.1 Å². The van der Waals surface area contributed by atoms with Crippen LogP contribution in [0, 0.1) is 20.8 Å². The summed E-state index contributed by atoms with van der Waals surface area (Å²) in [4.78, 5) is 22.8. The number of hydrogen-bond acceptors (Lipinski definition) is 7. The first kappa shape index (κ1) is 29.3. The van der Waals surface area contributed by atoms with E-state index >= 15 is 0 Å². The molecule has 0 amide bonds. The van der Waals surface area contributed by atoms with Gasteiger partial charge in [0.25, 0.3) is 5.56 Å². The third-order valence-electron chi connectivity index (χ3n) is 7.22. The molecule has 1 fully saturated rings. The van der Waals surface area contributed by atoms with Crippen LogP contribution in [0.5, 0.6) is 0 Å². The van der Waals surface area contributed by atoms with Crippen LogP contribution in [0.1, 0.15) is 23.6 Å². The molecule has 212 valence electrons. The van der Waals surface area contributed by atoms with Crippen LogP contribution >= 0.6 is 0 Å². The Morgan fingerprint density at radius 2 is 1.62 bits per heavy atom. The van der Waals surface area contributed by atoms with E-state index in [9.17, 15) is 14.2 Å². The van der Waals surface area contributed by atoms with Crippen molar-refractivity contribution < 1.29 is 9.42 Å². The summed E-state index contributed by atoms with van der Waals surface area (Å²) in [5, 5.41) is 12.4. The van der Waals surface area contributed by atoms with Gasteiger partial charge >= 0.3 is 0 Å². The molecule has 0 aliphatic carbocycles. The summed E-state index contributed by atoms with van der Waals surface area (Å²) in [7, 11) is 0.808. The van der Waals surface area contributed by atoms with Crippen LogP contribution in [-0.2, 0) is 17.8 Å². The molecule has 1 saturated heterocycles. The molecule has 2 aromatic carbocycles. The summed E-state index contributed by atoms with van der Waals surface area (Å²) in [6.45, 7) is 12.1. The van der Waals surface area contributed by atoms with Crippen molar-refractivity contribution in [3.63, 3.8) is 0 Å². The number of hydroxylamine groups is 1. The summed E-state index contributed by atoms with van der Waals surface area (Å²) >= 11 is 0. The summed E-state index contributed by atoms with van der Waals surface area (Å²) in [5.41, 5.74) is 4.21. The number of para-hydroxylation sites is 1. The zero-order valence-electron chi connectivity index (χ0n) is 24.2. The summed E-state index contributed by atoms with van der Waals surface area (Å²) in [6.07, 6.45) is 3.53. The van der Waals surface area contributed by atoms with E-state index in [0.717, 1.165) is 59.2 Å². The monoisotopic (exact) mass is 561 g/mol. The van der Waals surface area contributed by atoms with Crippen LogP contribution in [0.2, 0.25) is 0 Å². The molecule has 2 aromatic heterocycles. The highest BCUT2D eigenvalue weighted by Gasteiger charge is 2.22. The number of piperazine rings is 1. The minimum Gasteiger partial charge on any atom is -0.354 e. The molecule has 0 radical (unpaired) electrons. The fourth-order valence-electron chi connectivity index (χ4n) is 5.08. The third-order valence-corrected chi connectivity index (χ3v) is 8.18. The molecular formula is C31H39N5O3S. The molecule has 40 heavy (non-hydrogen) atoms. The van der Waals surface area contributed by atoms with E-state index in [1.54, 1.807) is 23.0 Å². The van der Waals surface area contributed by atoms with Gasteiger partial charge in [-0.05, 0) is 68.5 Å². The Morgan fingerprint density at radius 3 is 2.27 bits per heavy atom. The van der Waals surface area contributed by atoms with Crippen LogP contribution in [0.15, 0.2) is 70.5 Å². The minimum atomic E-state index is -1.06. The van der Waals surface area contributed by atoms with Gasteiger partial charge in [0.2, 0.25) is 0 Å². The Kier molecular flexibility index (Phi) is 9.27. The molecule has 9 heteroatoms. The van der Waals surface area contributed by atoms with Gasteiger partial charge in [0.1, 0.15) is 11.6 Å². The molecule has 1 aliphatic heterocycles. The third kappa shape index (κ3) is 6.37. The molecule has 0 spiro atoms. The van der Waals surface area contributed by atoms with E-state index in [-0.39, 0.29) is 5.56 Å². The number of pyridine rings is 2. The fraction of sp³-hybridized carbons (Fsp3) is 0.355. The van der Waals surface area contributed by atoms with Gasteiger partial charge in [-0.15, -0.1) is 0 Å². The van der Waals surface area contributed by atoms with Crippen LogP contribution in [-0.4, -0.2) is 57.9 Å². The average Bonchev–Trinajstić information content (AvgIpc) is 2.95. The van der Waals surface area contributed by atoms with Gasteiger partial charge in [0, 0.05) is 57.6 Å². The van der Waals surface area contributed by atoms with Gasteiger partial charge in [0.15, 0.2) is 0 Å². The second kappa shape index (κ2) is 12.7. The van der Waals surface area contributed by atoms with Crippen molar-refractivity contribution in [3.8, 4) is 0 Å². The first-order chi connectivity index (χ1) is 19.1. The van der Waals surface area contributed by atoms with E-state index in [0.29, 0.717) is 17.1 Å². The first-order valence-corrected chi connectivity index (χ1v) is 15.1. The van der Waals surface area contributed by atoms with Gasteiger partial charge in [-0.25, -0.2) is 4.98 Å². The average molecular weight is 562 g/mol. The molecule has 3 heterocycles. The Labute approximate surface area is 238 Å². The summed E-state index contributed by atoms with van der Waals surface area (Å²) in [6, 6.07) is 17.5. The van der Waals surface area contributed by atoms with Crippen molar-refractivity contribution in [1.29, 1.82) is 0 Å². The van der Waals surface area contributed by atoms with Crippen molar-refractivity contribution in [2.75, 3.05) is 53.8 Å². The number of fused-ring (bicyclic) bond motifs is 1. The van der Waals surface area contributed by atoms with E-state index in [2.05, 4.69) is 46.8 Å². The van der Waals surface area contributed by atoms with Gasteiger partial charge in [-0.2, -0.15) is 0 Å². The highest BCUT2D eigenvalue weighted by Crippen LogP contribution is 2.24. The lowest BCUT2D eigenvalue weighted by atomic mass is 10.1. The van der Waals surface area contributed by atoms with Gasteiger partial charge < -0.3 is 9.80 Å². The predicted molar refractivity (Wildman–Crippen MR) is 166 cm³/mol. The summed E-state index contributed by atoms with van der Waals surface area (Å²) in [5.74, 6) is 2.06. The molecular weight excluding hydrogens is 522 g/mol. The lowest BCUT2D eigenvalue weighted by Gasteiger charge is -2.37. The van der Waals surface area contributed by atoms with Crippen molar-refractivity contribution in [3.05, 3.63) is 87.8 Å². The smallest absolute Gasteiger partial charge is 0.259 e. The maximum Gasteiger partial charge on any atom is 0.259 e. The SMILES string of the molecule is CCN(O)c1ccccc1S(C)=O.Cc1cnc(N2CCN(c3cc4ccc(C)cc4c(=O)n3C)CC2)c(C)c1. The van der Waals surface area contributed by atoms with Crippen molar-refractivity contribution in [1.82, 2.24) is 9.55 Å².